The van der Waals surface area contributed by atoms with Gasteiger partial charge in [0, 0.05) is 13.2 Å². The van der Waals surface area contributed by atoms with Crippen molar-refractivity contribution >= 4 is 33.1 Å². The fraction of sp³-hybridized carbons (Fsp3) is 0.211. The summed E-state index contributed by atoms with van der Waals surface area (Å²) in [6.07, 6.45) is 1.84. The molecule has 6 heteroatoms. The molecule has 0 aliphatic carbocycles. The van der Waals surface area contributed by atoms with E-state index >= 15 is 0 Å². The number of carbonyl (C=O) groups is 1. The number of aryl methyl sites for hydroxylation is 4. The summed E-state index contributed by atoms with van der Waals surface area (Å²) in [5.74, 6) is -0.271. The summed E-state index contributed by atoms with van der Waals surface area (Å²) in [4.78, 5) is 22.4. The molecule has 5 nitrogen and oxygen atoms in total. The topological polar surface area (TPSA) is 51.7 Å². The maximum absolute atomic E-state index is 12.8. The van der Waals surface area contributed by atoms with Crippen molar-refractivity contribution in [2.24, 2.45) is 12.0 Å². The molecule has 0 aliphatic rings. The smallest absolute Gasteiger partial charge is 0.298 e. The van der Waals surface area contributed by atoms with Crippen LogP contribution in [0.4, 0.5) is 0 Å². The number of amides is 1. The predicted molar refractivity (Wildman–Crippen MR) is 100 cm³/mol. The first-order valence-electron chi connectivity index (χ1n) is 8.05. The van der Waals surface area contributed by atoms with Gasteiger partial charge in [0.05, 0.1) is 15.9 Å². The van der Waals surface area contributed by atoms with E-state index in [2.05, 4.69) is 36.0 Å². The third-order valence-electron chi connectivity index (χ3n) is 4.53. The van der Waals surface area contributed by atoms with E-state index in [-0.39, 0.29) is 5.91 Å². The van der Waals surface area contributed by atoms with Gasteiger partial charge in [0.2, 0.25) is 0 Å². The number of pyridine rings is 1. The lowest BCUT2D eigenvalue weighted by Crippen LogP contribution is -2.14. The van der Waals surface area contributed by atoms with Crippen molar-refractivity contribution in [1.82, 2.24) is 14.0 Å². The quantitative estimate of drug-likeness (QED) is 0.527. The Morgan fingerprint density at radius 2 is 1.92 bits per heavy atom. The Morgan fingerprint density at radius 1 is 1.16 bits per heavy atom. The maximum atomic E-state index is 12.8. The second-order valence-electron chi connectivity index (χ2n) is 6.24. The fourth-order valence-electron chi connectivity index (χ4n) is 3.00. The minimum Gasteiger partial charge on any atom is -0.319 e. The largest absolute Gasteiger partial charge is 0.319 e. The zero-order valence-electron chi connectivity index (χ0n) is 14.6. The second-order valence-corrected chi connectivity index (χ2v) is 7.25. The van der Waals surface area contributed by atoms with Gasteiger partial charge in [-0.3, -0.25) is 9.20 Å². The van der Waals surface area contributed by atoms with Gasteiger partial charge in [0.25, 0.3) is 5.91 Å². The molecule has 0 aliphatic heterocycles. The van der Waals surface area contributed by atoms with Crippen LogP contribution >= 0.6 is 11.3 Å². The standard InChI is InChI=1S/C19H18N4OS/c1-11-9-14-15(10-12(11)2)25-19(22(14)4)21-18(24)17-13(3)20-16-7-5-6-8-23(16)17/h5-10H,1-4H3. The summed E-state index contributed by atoms with van der Waals surface area (Å²) in [7, 11) is 1.95. The van der Waals surface area contributed by atoms with Crippen LogP contribution in [0.2, 0.25) is 0 Å². The number of carbonyl (C=O) groups excluding carboxylic acids is 1. The molecule has 0 N–H and O–H groups in total. The summed E-state index contributed by atoms with van der Waals surface area (Å²) < 4.78 is 4.90. The van der Waals surface area contributed by atoms with Gasteiger partial charge in [-0.1, -0.05) is 17.4 Å². The van der Waals surface area contributed by atoms with E-state index in [1.54, 1.807) is 4.40 Å². The van der Waals surface area contributed by atoms with Gasteiger partial charge >= 0.3 is 0 Å². The number of hydrogen-bond donors (Lipinski definition) is 0. The van der Waals surface area contributed by atoms with Crippen molar-refractivity contribution in [1.29, 1.82) is 0 Å². The molecule has 3 aromatic heterocycles. The van der Waals surface area contributed by atoms with Crippen molar-refractivity contribution in [3.63, 3.8) is 0 Å². The van der Waals surface area contributed by atoms with Gasteiger partial charge < -0.3 is 4.57 Å². The van der Waals surface area contributed by atoms with Crippen LogP contribution in [0, 0.1) is 20.8 Å². The summed E-state index contributed by atoms with van der Waals surface area (Å²) in [6, 6.07) is 9.97. The molecular formula is C19H18N4OS. The highest BCUT2D eigenvalue weighted by atomic mass is 32.1. The number of rotatable bonds is 1. The van der Waals surface area contributed by atoms with Gasteiger partial charge in [0.1, 0.15) is 11.3 Å². The van der Waals surface area contributed by atoms with Gasteiger partial charge in [-0.05, 0) is 56.2 Å². The highest BCUT2D eigenvalue weighted by molar-refractivity contribution is 7.16. The zero-order valence-corrected chi connectivity index (χ0v) is 15.4. The van der Waals surface area contributed by atoms with E-state index in [0.717, 1.165) is 15.9 Å². The second kappa shape index (κ2) is 5.67. The molecule has 4 aromatic rings. The van der Waals surface area contributed by atoms with Gasteiger partial charge in [0.15, 0.2) is 4.80 Å². The van der Waals surface area contributed by atoms with Crippen LogP contribution in [0.5, 0.6) is 0 Å². The molecule has 0 bridgehead atoms. The van der Waals surface area contributed by atoms with Crippen molar-refractivity contribution < 1.29 is 4.79 Å². The predicted octanol–water partition coefficient (Wildman–Crippen LogP) is 3.55. The Balaban J connectivity index is 1.90. The Hall–Kier alpha value is -2.73. The van der Waals surface area contributed by atoms with E-state index in [4.69, 9.17) is 0 Å². The molecule has 1 amide bonds. The molecular weight excluding hydrogens is 332 g/mol. The van der Waals surface area contributed by atoms with Crippen LogP contribution < -0.4 is 4.80 Å². The molecule has 0 saturated carbocycles. The van der Waals surface area contributed by atoms with Crippen LogP contribution in [0.3, 0.4) is 0 Å². The number of fused-ring (bicyclic) bond motifs is 2. The lowest BCUT2D eigenvalue weighted by atomic mass is 10.1. The highest BCUT2D eigenvalue weighted by Crippen LogP contribution is 2.21. The molecule has 0 saturated heterocycles. The summed E-state index contributed by atoms with van der Waals surface area (Å²) in [5.41, 5.74) is 5.53. The van der Waals surface area contributed by atoms with Gasteiger partial charge in [-0.25, -0.2) is 4.98 Å². The molecule has 126 valence electrons. The Morgan fingerprint density at radius 3 is 2.72 bits per heavy atom. The van der Waals surface area contributed by atoms with E-state index in [9.17, 15) is 4.79 Å². The Kier molecular flexibility index (Phi) is 3.58. The monoisotopic (exact) mass is 350 g/mol. The average molecular weight is 350 g/mol. The highest BCUT2D eigenvalue weighted by Gasteiger charge is 2.16. The Bertz CT molecular complexity index is 1210. The lowest BCUT2D eigenvalue weighted by molar-refractivity contribution is 0.0991. The number of hydrogen-bond acceptors (Lipinski definition) is 3. The molecule has 4 rings (SSSR count). The molecule has 0 fully saturated rings. The first kappa shape index (κ1) is 15.8. The van der Waals surface area contributed by atoms with Crippen molar-refractivity contribution in [2.75, 3.05) is 0 Å². The fourth-order valence-corrected chi connectivity index (χ4v) is 4.09. The zero-order chi connectivity index (χ0) is 17.7. The maximum Gasteiger partial charge on any atom is 0.298 e. The Labute approximate surface area is 148 Å². The van der Waals surface area contributed by atoms with E-state index in [1.165, 1.54) is 22.5 Å². The first-order chi connectivity index (χ1) is 12.0. The van der Waals surface area contributed by atoms with Crippen LogP contribution in [0.15, 0.2) is 41.5 Å². The van der Waals surface area contributed by atoms with Crippen molar-refractivity contribution in [2.45, 2.75) is 20.8 Å². The summed E-state index contributed by atoms with van der Waals surface area (Å²) in [5, 5.41) is 0. The van der Waals surface area contributed by atoms with Crippen molar-refractivity contribution in [3.05, 3.63) is 63.8 Å². The summed E-state index contributed by atoms with van der Waals surface area (Å²) in [6.45, 7) is 6.03. The van der Waals surface area contributed by atoms with Gasteiger partial charge in [-0.2, -0.15) is 4.99 Å². The number of thiazole rings is 1. The number of imidazole rings is 1. The normalized spacial score (nSPS) is 12.4. The van der Waals surface area contributed by atoms with Crippen LogP contribution in [0.1, 0.15) is 27.3 Å². The first-order valence-corrected chi connectivity index (χ1v) is 8.87. The minimum absolute atomic E-state index is 0.271. The molecule has 0 radical (unpaired) electrons. The number of benzene rings is 1. The summed E-state index contributed by atoms with van der Waals surface area (Å²) >= 11 is 1.53. The van der Waals surface area contributed by atoms with Crippen LogP contribution in [-0.2, 0) is 7.05 Å². The number of nitrogens with zero attached hydrogens (tertiary/aromatic N) is 4. The molecule has 3 heterocycles. The van der Waals surface area contributed by atoms with Crippen LogP contribution in [-0.4, -0.2) is 19.9 Å². The third kappa shape index (κ3) is 2.49. The minimum atomic E-state index is -0.271. The third-order valence-corrected chi connectivity index (χ3v) is 5.62. The van der Waals surface area contributed by atoms with Crippen LogP contribution in [0.25, 0.3) is 15.9 Å². The average Bonchev–Trinajstić information content (AvgIpc) is 3.05. The molecule has 0 spiro atoms. The van der Waals surface area contributed by atoms with E-state index in [1.807, 2.05) is 42.9 Å². The molecule has 25 heavy (non-hydrogen) atoms. The molecule has 0 unspecified atom stereocenters. The molecule has 1 aromatic carbocycles. The van der Waals surface area contributed by atoms with E-state index < -0.39 is 0 Å². The molecule has 0 atom stereocenters. The van der Waals surface area contributed by atoms with Crippen molar-refractivity contribution in [3.8, 4) is 0 Å². The van der Waals surface area contributed by atoms with E-state index in [0.29, 0.717) is 16.2 Å². The van der Waals surface area contributed by atoms with Gasteiger partial charge in [-0.15, -0.1) is 0 Å². The number of aromatic nitrogens is 3. The SMILES string of the molecule is Cc1cc2sc(=NC(=O)c3c(C)nc4ccccn34)n(C)c2cc1C. The lowest BCUT2D eigenvalue weighted by Gasteiger charge is -2.01.